The van der Waals surface area contributed by atoms with Crippen LogP contribution in [0.3, 0.4) is 0 Å². The highest BCUT2D eigenvalue weighted by molar-refractivity contribution is 5.91. The van der Waals surface area contributed by atoms with Gasteiger partial charge in [0.2, 0.25) is 0 Å². The smallest absolute Gasteiger partial charge is 0.287 e. The van der Waals surface area contributed by atoms with Gasteiger partial charge in [-0.1, -0.05) is 0 Å². The Morgan fingerprint density at radius 1 is 1.35 bits per heavy atom. The molecule has 0 bridgehead atoms. The molecule has 2 N–H and O–H groups in total. The topological polar surface area (TPSA) is 106 Å². The molecule has 0 fully saturated rings. The van der Waals surface area contributed by atoms with Gasteiger partial charge in [0.1, 0.15) is 0 Å². The van der Waals surface area contributed by atoms with Gasteiger partial charge in [-0.25, -0.2) is 0 Å². The number of rotatable bonds is 5. The lowest BCUT2D eigenvalue weighted by molar-refractivity contribution is -0.384. The second-order valence-corrected chi connectivity index (χ2v) is 4.05. The summed E-state index contributed by atoms with van der Waals surface area (Å²) in [5.74, 6) is -0.281. The number of carbonyl (C=O) groups is 1. The number of aliphatic hydroxyl groups is 1. The highest BCUT2D eigenvalue weighted by Gasteiger charge is 2.13. The number of nitrogens with one attached hydrogen (secondary N) is 1. The van der Waals surface area contributed by atoms with E-state index in [2.05, 4.69) is 5.32 Å². The molecule has 1 aromatic carbocycles. The fourth-order valence-corrected chi connectivity index (χ4v) is 1.62. The van der Waals surface area contributed by atoms with Crippen LogP contribution in [0.25, 0.3) is 0 Å². The monoisotopic (exact) mass is 276 g/mol. The number of amides is 1. The van der Waals surface area contributed by atoms with E-state index in [0.717, 1.165) is 0 Å². The van der Waals surface area contributed by atoms with Gasteiger partial charge in [0.25, 0.3) is 11.6 Å². The minimum absolute atomic E-state index is 0.0165. The quantitative estimate of drug-likeness (QED) is 0.638. The zero-order valence-corrected chi connectivity index (χ0v) is 10.4. The number of furan rings is 1. The first-order valence-electron chi connectivity index (χ1n) is 5.82. The third-order valence-corrected chi connectivity index (χ3v) is 2.69. The number of nitro groups is 1. The fourth-order valence-electron chi connectivity index (χ4n) is 1.62. The second kappa shape index (κ2) is 5.98. The molecule has 20 heavy (non-hydrogen) atoms. The van der Waals surface area contributed by atoms with E-state index in [1.165, 1.54) is 36.6 Å². The van der Waals surface area contributed by atoms with Gasteiger partial charge in [-0.2, -0.15) is 0 Å². The molecule has 1 amide bonds. The number of carbonyl (C=O) groups excluding carboxylic acids is 1. The van der Waals surface area contributed by atoms with Crippen LogP contribution in [0.1, 0.15) is 22.2 Å². The van der Waals surface area contributed by atoms with Gasteiger partial charge in [-0.3, -0.25) is 14.9 Å². The van der Waals surface area contributed by atoms with Crippen molar-refractivity contribution in [2.24, 2.45) is 0 Å². The molecular weight excluding hydrogens is 264 g/mol. The van der Waals surface area contributed by atoms with Gasteiger partial charge in [0.05, 0.1) is 17.3 Å². The molecule has 0 spiro atoms. The normalized spacial score (nSPS) is 11.8. The zero-order chi connectivity index (χ0) is 14.5. The summed E-state index contributed by atoms with van der Waals surface area (Å²) in [6.45, 7) is -0.0165. The maximum atomic E-state index is 11.6. The van der Waals surface area contributed by atoms with E-state index in [1.54, 1.807) is 6.07 Å². The first-order valence-corrected chi connectivity index (χ1v) is 5.82. The van der Waals surface area contributed by atoms with Gasteiger partial charge >= 0.3 is 0 Å². The largest absolute Gasteiger partial charge is 0.459 e. The SMILES string of the molecule is O=C(NC[C@H](O)c1ccc([N+](=O)[O-])cc1)c1ccco1. The van der Waals surface area contributed by atoms with E-state index in [1.807, 2.05) is 0 Å². The van der Waals surface area contributed by atoms with Crippen LogP contribution in [0.2, 0.25) is 0 Å². The maximum Gasteiger partial charge on any atom is 0.287 e. The molecule has 1 atom stereocenters. The molecule has 0 saturated carbocycles. The Morgan fingerprint density at radius 3 is 2.60 bits per heavy atom. The second-order valence-electron chi connectivity index (χ2n) is 4.05. The molecule has 0 aliphatic carbocycles. The highest BCUT2D eigenvalue weighted by atomic mass is 16.6. The zero-order valence-electron chi connectivity index (χ0n) is 10.4. The number of hydrogen-bond acceptors (Lipinski definition) is 5. The van der Waals surface area contributed by atoms with Gasteiger partial charge in [-0.15, -0.1) is 0 Å². The van der Waals surface area contributed by atoms with Crippen LogP contribution in [0, 0.1) is 10.1 Å². The molecule has 0 saturated heterocycles. The lowest BCUT2D eigenvalue weighted by Crippen LogP contribution is -2.28. The van der Waals surface area contributed by atoms with Gasteiger partial charge in [0, 0.05) is 18.7 Å². The summed E-state index contributed by atoms with van der Waals surface area (Å²) in [7, 11) is 0. The fraction of sp³-hybridized carbons (Fsp3) is 0.154. The number of nitrogens with zero attached hydrogens (tertiary/aromatic N) is 1. The third-order valence-electron chi connectivity index (χ3n) is 2.69. The molecule has 7 nitrogen and oxygen atoms in total. The van der Waals surface area contributed by atoms with Crippen molar-refractivity contribution in [1.29, 1.82) is 0 Å². The molecule has 2 rings (SSSR count). The number of non-ortho nitro benzene ring substituents is 1. The van der Waals surface area contributed by atoms with Crippen molar-refractivity contribution < 1.29 is 19.2 Å². The third kappa shape index (κ3) is 3.21. The van der Waals surface area contributed by atoms with Crippen LogP contribution in [0.4, 0.5) is 5.69 Å². The van der Waals surface area contributed by atoms with Crippen LogP contribution in [-0.4, -0.2) is 22.5 Å². The van der Waals surface area contributed by atoms with E-state index < -0.39 is 16.9 Å². The minimum Gasteiger partial charge on any atom is -0.459 e. The Balaban J connectivity index is 1.93. The Labute approximate surface area is 114 Å². The summed E-state index contributed by atoms with van der Waals surface area (Å²) >= 11 is 0. The van der Waals surface area contributed by atoms with Crippen LogP contribution in [0.5, 0.6) is 0 Å². The summed E-state index contributed by atoms with van der Waals surface area (Å²) in [5, 5.41) is 22.9. The van der Waals surface area contributed by atoms with Crippen molar-refractivity contribution in [2.45, 2.75) is 6.10 Å². The molecule has 0 unspecified atom stereocenters. The van der Waals surface area contributed by atoms with E-state index in [-0.39, 0.29) is 18.0 Å². The summed E-state index contributed by atoms with van der Waals surface area (Å²) < 4.78 is 4.91. The molecule has 2 aromatic rings. The van der Waals surface area contributed by atoms with Crippen molar-refractivity contribution >= 4 is 11.6 Å². The van der Waals surface area contributed by atoms with Crippen molar-refractivity contribution in [3.63, 3.8) is 0 Å². The van der Waals surface area contributed by atoms with Crippen LogP contribution < -0.4 is 5.32 Å². The van der Waals surface area contributed by atoms with Crippen molar-refractivity contribution in [3.8, 4) is 0 Å². The lowest BCUT2D eigenvalue weighted by Gasteiger charge is -2.11. The standard InChI is InChI=1S/C13H12N2O5/c16-11(8-14-13(17)12-2-1-7-20-12)9-3-5-10(6-4-9)15(18)19/h1-7,11,16H,8H2,(H,14,17)/t11-/m0/s1. The Kier molecular flexibility index (Phi) is 4.11. The predicted molar refractivity (Wildman–Crippen MR) is 69.1 cm³/mol. The van der Waals surface area contributed by atoms with Crippen LogP contribution >= 0.6 is 0 Å². The molecule has 0 radical (unpaired) electrons. The van der Waals surface area contributed by atoms with E-state index >= 15 is 0 Å². The first kappa shape index (κ1) is 13.8. The predicted octanol–water partition coefficient (Wildman–Crippen LogP) is 1.65. The number of hydrogen-bond donors (Lipinski definition) is 2. The summed E-state index contributed by atoms with van der Waals surface area (Å²) in [5.41, 5.74) is 0.427. The van der Waals surface area contributed by atoms with Gasteiger partial charge < -0.3 is 14.8 Å². The molecule has 0 aliphatic rings. The van der Waals surface area contributed by atoms with Crippen LogP contribution in [-0.2, 0) is 0 Å². The Bertz CT molecular complexity index is 592. The molecule has 7 heteroatoms. The highest BCUT2D eigenvalue weighted by Crippen LogP contribution is 2.17. The Morgan fingerprint density at radius 2 is 2.05 bits per heavy atom. The summed E-state index contributed by atoms with van der Waals surface area (Å²) in [6, 6.07) is 8.58. The first-order chi connectivity index (χ1) is 9.58. The molecule has 0 aliphatic heterocycles. The van der Waals surface area contributed by atoms with E-state index in [4.69, 9.17) is 4.42 Å². The number of aliphatic hydroxyl groups excluding tert-OH is 1. The van der Waals surface area contributed by atoms with Crippen molar-refractivity contribution in [3.05, 3.63) is 64.1 Å². The molecule has 104 valence electrons. The molecule has 1 heterocycles. The Hall–Kier alpha value is -2.67. The lowest BCUT2D eigenvalue weighted by atomic mass is 10.1. The number of nitro benzene ring substituents is 1. The van der Waals surface area contributed by atoms with Gasteiger partial charge in [0.15, 0.2) is 5.76 Å². The van der Waals surface area contributed by atoms with E-state index in [9.17, 15) is 20.0 Å². The van der Waals surface area contributed by atoms with Crippen LogP contribution in [0.15, 0.2) is 47.1 Å². The minimum atomic E-state index is -0.949. The van der Waals surface area contributed by atoms with Crippen molar-refractivity contribution in [1.82, 2.24) is 5.32 Å². The molecular formula is C13H12N2O5. The average Bonchev–Trinajstić information content (AvgIpc) is 2.98. The average molecular weight is 276 g/mol. The maximum absolute atomic E-state index is 11.6. The van der Waals surface area contributed by atoms with Gasteiger partial charge in [-0.05, 0) is 29.8 Å². The summed E-state index contributed by atoms with van der Waals surface area (Å²) in [4.78, 5) is 21.6. The van der Waals surface area contributed by atoms with Crippen molar-refractivity contribution in [2.75, 3.05) is 6.54 Å². The molecule has 1 aromatic heterocycles. The number of benzene rings is 1. The van der Waals surface area contributed by atoms with E-state index in [0.29, 0.717) is 5.56 Å². The summed E-state index contributed by atoms with van der Waals surface area (Å²) in [6.07, 6.45) is 0.427.